The Hall–Kier alpha value is -1.30. The Labute approximate surface area is 108 Å². The third kappa shape index (κ3) is 4.91. The number of aliphatic carboxylic acids is 1. The summed E-state index contributed by atoms with van der Waals surface area (Å²) in [4.78, 5) is 24.6. The van der Waals surface area contributed by atoms with Gasteiger partial charge < -0.3 is 20.6 Å². The van der Waals surface area contributed by atoms with Crippen molar-refractivity contribution in [3.8, 4) is 0 Å². The molecule has 0 bridgehead atoms. The summed E-state index contributed by atoms with van der Waals surface area (Å²) in [7, 11) is 3.96. The number of carboxylic acids is 1. The molecule has 6 heteroatoms. The van der Waals surface area contributed by atoms with Gasteiger partial charge in [0.1, 0.15) is 0 Å². The van der Waals surface area contributed by atoms with Crippen LogP contribution in [-0.2, 0) is 4.79 Å². The second kappa shape index (κ2) is 7.20. The summed E-state index contributed by atoms with van der Waals surface area (Å²) in [6.07, 6.45) is 3.15. The van der Waals surface area contributed by atoms with Crippen molar-refractivity contribution in [1.82, 2.24) is 15.5 Å². The summed E-state index contributed by atoms with van der Waals surface area (Å²) < 4.78 is 0. The van der Waals surface area contributed by atoms with Crippen LogP contribution >= 0.6 is 0 Å². The summed E-state index contributed by atoms with van der Waals surface area (Å²) >= 11 is 0. The first kappa shape index (κ1) is 14.8. The number of urea groups is 1. The van der Waals surface area contributed by atoms with Crippen molar-refractivity contribution in [1.29, 1.82) is 0 Å². The van der Waals surface area contributed by atoms with E-state index < -0.39 is 11.9 Å². The van der Waals surface area contributed by atoms with Gasteiger partial charge in [-0.05, 0) is 39.9 Å². The van der Waals surface area contributed by atoms with Crippen molar-refractivity contribution in [2.75, 3.05) is 27.2 Å². The predicted octanol–water partition coefficient (Wildman–Crippen LogP) is 0.491. The minimum Gasteiger partial charge on any atom is -0.481 e. The van der Waals surface area contributed by atoms with Gasteiger partial charge in [0.05, 0.1) is 5.92 Å². The lowest BCUT2D eigenvalue weighted by molar-refractivity contribution is -0.142. The molecule has 1 saturated carbocycles. The molecule has 0 spiro atoms. The van der Waals surface area contributed by atoms with Gasteiger partial charge in [-0.15, -0.1) is 0 Å². The second-order valence-electron chi connectivity index (χ2n) is 5.04. The quantitative estimate of drug-likeness (QED) is 0.605. The van der Waals surface area contributed by atoms with Gasteiger partial charge in [0.15, 0.2) is 0 Å². The number of nitrogens with zero attached hydrogens (tertiary/aromatic N) is 1. The topological polar surface area (TPSA) is 81.7 Å². The van der Waals surface area contributed by atoms with Crippen LogP contribution in [-0.4, -0.2) is 55.2 Å². The fourth-order valence-corrected chi connectivity index (χ4v) is 2.25. The summed E-state index contributed by atoms with van der Waals surface area (Å²) in [6.45, 7) is 1.52. The zero-order chi connectivity index (χ0) is 13.5. The fourth-order valence-electron chi connectivity index (χ4n) is 2.25. The standard InChI is InChI=1S/C12H23N3O3/c1-15(2)8-4-7-13-12(18)14-10-6-3-5-9(10)11(16)17/h9-10H,3-8H2,1-2H3,(H,16,17)(H2,13,14,18). The lowest BCUT2D eigenvalue weighted by Gasteiger charge is -2.18. The number of hydrogen-bond acceptors (Lipinski definition) is 3. The van der Waals surface area contributed by atoms with Crippen molar-refractivity contribution < 1.29 is 14.7 Å². The Kier molecular flexibility index (Phi) is 5.91. The molecule has 104 valence electrons. The van der Waals surface area contributed by atoms with E-state index in [0.29, 0.717) is 13.0 Å². The lowest BCUT2D eigenvalue weighted by atomic mass is 10.0. The van der Waals surface area contributed by atoms with Crippen molar-refractivity contribution in [3.05, 3.63) is 0 Å². The van der Waals surface area contributed by atoms with Gasteiger partial charge in [-0.1, -0.05) is 6.42 Å². The molecule has 1 rings (SSSR count). The maximum Gasteiger partial charge on any atom is 0.315 e. The van der Waals surface area contributed by atoms with E-state index in [4.69, 9.17) is 5.11 Å². The molecule has 0 aliphatic heterocycles. The van der Waals surface area contributed by atoms with Gasteiger partial charge in [-0.2, -0.15) is 0 Å². The highest BCUT2D eigenvalue weighted by Gasteiger charge is 2.33. The Bertz CT molecular complexity index is 294. The Morgan fingerprint density at radius 2 is 2.06 bits per heavy atom. The summed E-state index contributed by atoms with van der Waals surface area (Å²) in [5.41, 5.74) is 0. The van der Waals surface area contributed by atoms with Crippen LogP contribution in [0, 0.1) is 5.92 Å². The summed E-state index contributed by atoms with van der Waals surface area (Å²) in [5.74, 6) is -1.25. The predicted molar refractivity (Wildman–Crippen MR) is 68.5 cm³/mol. The zero-order valence-corrected chi connectivity index (χ0v) is 11.1. The first-order valence-corrected chi connectivity index (χ1v) is 6.42. The van der Waals surface area contributed by atoms with Crippen molar-refractivity contribution >= 4 is 12.0 Å². The molecule has 1 aliphatic rings. The number of rotatable bonds is 6. The smallest absolute Gasteiger partial charge is 0.315 e. The molecule has 2 atom stereocenters. The van der Waals surface area contributed by atoms with Crippen LogP contribution in [0.15, 0.2) is 0 Å². The molecule has 2 amide bonds. The number of carbonyl (C=O) groups is 2. The number of carboxylic acid groups (broad SMARTS) is 1. The molecule has 0 aromatic carbocycles. The number of carbonyl (C=O) groups excluding carboxylic acids is 1. The Morgan fingerprint density at radius 1 is 1.33 bits per heavy atom. The largest absolute Gasteiger partial charge is 0.481 e. The molecule has 1 fully saturated rings. The van der Waals surface area contributed by atoms with E-state index in [1.165, 1.54) is 0 Å². The first-order valence-electron chi connectivity index (χ1n) is 6.42. The fraction of sp³-hybridized carbons (Fsp3) is 0.833. The van der Waals surface area contributed by atoms with Gasteiger partial charge in [0.2, 0.25) is 0 Å². The van der Waals surface area contributed by atoms with Crippen LogP contribution in [0.3, 0.4) is 0 Å². The third-order valence-electron chi connectivity index (χ3n) is 3.22. The van der Waals surface area contributed by atoms with Gasteiger partial charge >= 0.3 is 12.0 Å². The lowest BCUT2D eigenvalue weighted by Crippen LogP contribution is -2.45. The Morgan fingerprint density at radius 3 is 2.67 bits per heavy atom. The highest BCUT2D eigenvalue weighted by Crippen LogP contribution is 2.25. The van der Waals surface area contributed by atoms with E-state index in [1.807, 2.05) is 14.1 Å². The molecule has 0 heterocycles. The molecule has 1 aliphatic carbocycles. The summed E-state index contributed by atoms with van der Waals surface area (Å²) in [5, 5.41) is 14.5. The molecule has 0 aromatic rings. The van der Waals surface area contributed by atoms with Gasteiger partial charge in [0.25, 0.3) is 0 Å². The third-order valence-corrected chi connectivity index (χ3v) is 3.22. The molecule has 18 heavy (non-hydrogen) atoms. The Balaban J connectivity index is 2.21. The molecular weight excluding hydrogens is 234 g/mol. The van der Waals surface area contributed by atoms with E-state index >= 15 is 0 Å². The molecule has 2 unspecified atom stereocenters. The second-order valence-corrected chi connectivity index (χ2v) is 5.04. The SMILES string of the molecule is CN(C)CCCNC(=O)NC1CCCC1C(=O)O. The number of hydrogen-bond donors (Lipinski definition) is 3. The maximum atomic E-state index is 11.6. The van der Waals surface area contributed by atoms with E-state index in [0.717, 1.165) is 25.8 Å². The minimum absolute atomic E-state index is 0.226. The summed E-state index contributed by atoms with van der Waals surface area (Å²) in [6, 6.07) is -0.483. The minimum atomic E-state index is -0.814. The van der Waals surface area contributed by atoms with Crippen LogP contribution in [0.25, 0.3) is 0 Å². The van der Waals surface area contributed by atoms with Crippen LogP contribution < -0.4 is 10.6 Å². The zero-order valence-electron chi connectivity index (χ0n) is 11.1. The molecular formula is C12H23N3O3. The van der Waals surface area contributed by atoms with E-state index in [1.54, 1.807) is 0 Å². The number of nitrogens with one attached hydrogen (secondary N) is 2. The first-order chi connectivity index (χ1) is 8.50. The number of amides is 2. The monoisotopic (exact) mass is 257 g/mol. The molecule has 3 N–H and O–H groups in total. The van der Waals surface area contributed by atoms with Crippen LogP contribution in [0.2, 0.25) is 0 Å². The average Bonchev–Trinajstić information content (AvgIpc) is 2.72. The molecule has 0 saturated heterocycles. The van der Waals surface area contributed by atoms with Gasteiger partial charge in [-0.25, -0.2) is 4.79 Å². The van der Waals surface area contributed by atoms with Gasteiger partial charge in [0, 0.05) is 12.6 Å². The van der Waals surface area contributed by atoms with Crippen LogP contribution in [0.1, 0.15) is 25.7 Å². The van der Waals surface area contributed by atoms with E-state index in [2.05, 4.69) is 15.5 Å². The van der Waals surface area contributed by atoms with Gasteiger partial charge in [-0.3, -0.25) is 4.79 Å². The highest BCUT2D eigenvalue weighted by molar-refractivity contribution is 5.76. The van der Waals surface area contributed by atoms with E-state index in [-0.39, 0.29) is 12.1 Å². The van der Waals surface area contributed by atoms with E-state index in [9.17, 15) is 9.59 Å². The van der Waals surface area contributed by atoms with Crippen molar-refractivity contribution in [3.63, 3.8) is 0 Å². The molecule has 0 aromatic heterocycles. The average molecular weight is 257 g/mol. The van der Waals surface area contributed by atoms with Crippen LogP contribution in [0.5, 0.6) is 0 Å². The normalized spacial score (nSPS) is 23.1. The molecule has 0 radical (unpaired) electrons. The maximum absolute atomic E-state index is 11.6. The van der Waals surface area contributed by atoms with Crippen molar-refractivity contribution in [2.45, 2.75) is 31.7 Å². The highest BCUT2D eigenvalue weighted by atomic mass is 16.4. The van der Waals surface area contributed by atoms with Crippen LogP contribution in [0.4, 0.5) is 4.79 Å². The van der Waals surface area contributed by atoms with Crippen molar-refractivity contribution in [2.24, 2.45) is 5.92 Å². The molecule has 6 nitrogen and oxygen atoms in total.